The fraction of sp³-hybridized carbons (Fsp3) is 0.676. The van der Waals surface area contributed by atoms with Crippen LogP contribution in [0.5, 0.6) is 0 Å². The summed E-state index contributed by atoms with van der Waals surface area (Å²) >= 11 is 0. The van der Waals surface area contributed by atoms with Crippen molar-refractivity contribution < 1.29 is 9.53 Å². The molecule has 2 nitrogen and oxygen atoms in total. The Labute approximate surface area is 220 Å². The number of hydrogen-bond donors (Lipinski definition) is 0. The van der Waals surface area contributed by atoms with Gasteiger partial charge < -0.3 is 4.74 Å². The molecule has 4 aliphatic rings. The number of hydrogen-bond acceptors (Lipinski definition) is 2. The smallest absolute Gasteiger partial charge is 0.343 e. The molecule has 2 saturated carbocycles. The van der Waals surface area contributed by atoms with Crippen LogP contribution in [0.4, 0.5) is 0 Å². The van der Waals surface area contributed by atoms with Crippen LogP contribution in [0.25, 0.3) is 0 Å². The van der Waals surface area contributed by atoms with Gasteiger partial charge in [0.1, 0.15) is 5.76 Å². The van der Waals surface area contributed by atoms with Crippen LogP contribution in [-0.2, 0) is 4.74 Å². The highest BCUT2D eigenvalue weighted by molar-refractivity contribution is 5.90. The highest BCUT2D eigenvalue weighted by Gasteiger charge is 2.58. The molecule has 196 valence electrons. The van der Waals surface area contributed by atoms with Crippen LogP contribution in [0.2, 0.25) is 0 Å². The van der Waals surface area contributed by atoms with Gasteiger partial charge in [0.2, 0.25) is 0 Å². The second kappa shape index (κ2) is 10.1. The monoisotopic (exact) mass is 488 g/mol. The Kier molecular flexibility index (Phi) is 7.27. The normalized spacial score (nSPS) is 36.3. The average Bonchev–Trinajstić information content (AvgIpc) is 3.22. The van der Waals surface area contributed by atoms with Crippen molar-refractivity contribution in [3.63, 3.8) is 0 Å². The quantitative estimate of drug-likeness (QED) is 0.357. The van der Waals surface area contributed by atoms with Gasteiger partial charge in [-0.3, -0.25) is 0 Å². The number of benzene rings is 1. The minimum absolute atomic E-state index is 0.229. The van der Waals surface area contributed by atoms with Crippen molar-refractivity contribution in [3.05, 3.63) is 59.4 Å². The van der Waals surface area contributed by atoms with Crippen LogP contribution in [0.15, 0.2) is 53.8 Å². The van der Waals surface area contributed by atoms with Gasteiger partial charge >= 0.3 is 5.97 Å². The van der Waals surface area contributed by atoms with Crippen molar-refractivity contribution in [2.45, 2.75) is 98.8 Å². The van der Waals surface area contributed by atoms with Gasteiger partial charge in [0.05, 0.1) is 5.56 Å². The first-order valence-electron chi connectivity index (χ1n) is 14.9. The van der Waals surface area contributed by atoms with E-state index in [-0.39, 0.29) is 11.4 Å². The molecule has 2 heteroatoms. The number of allylic oxidation sites excluding steroid dienone is 4. The molecule has 4 aliphatic carbocycles. The van der Waals surface area contributed by atoms with E-state index in [9.17, 15) is 4.79 Å². The van der Waals surface area contributed by atoms with Crippen molar-refractivity contribution in [3.8, 4) is 0 Å². The first-order chi connectivity index (χ1) is 17.2. The van der Waals surface area contributed by atoms with Gasteiger partial charge in [0.25, 0.3) is 0 Å². The SMILES string of the molecule is CC(C)CCC[C@@H](C)[C@H]1CC[C@H]2[C@@H]3CC=C4C=C(OC(=O)c5ccccc5)CC[C@]4(C)[C@H]3CC[C@]12C. The van der Waals surface area contributed by atoms with Crippen LogP contribution >= 0.6 is 0 Å². The molecule has 1 aromatic carbocycles. The summed E-state index contributed by atoms with van der Waals surface area (Å²) < 4.78 is 5.86. The summed E-state index contributed by atoms with van der Waals surface area (Å²) in [5.74, 6) is 5.69. The highest BCUT2D eigenvalue weighted by Crippen LogP contribution is 2.67. The van der Waals surface area contributed by atoms with Gasteiger partial charge in [0, 0.05) is 6.42 Å². The molecule has 5 rings (SSSR count). The second-order valence-electron chi connectivity index (χ2n) is 13.6. The summed E-state index contributed by atoms with van der Waals surface area (Å²) in [6, 6.07) is 9.38. The third kappa shape index (κ3) is 4.63. The van der Waals surface area contributed by atoms with Gasteiger partial charge in [-0.15, -0.1) is 0 Å². The second-order valence-corrected chi connectivity index (χ2v) is 13.6. The van der Waals surface area contributed by atoms with Crippen molar-refractivity contribution >= 4 is 5.97 Å². The zero-order chi connectivity index (χ0) is 25.5. The molecule has 36 heavy (non-hydrogen) atoms. The molecule has 2 fully saturated rings. The number of fused-ring (bicyclic) bond motifs is 5. The molecule has 0 unspecified atom stereocenters. The van der Waals surface area contributed by atoms with E-state index in [1.165, 1.54) is 56.9 Å². The van der Waals surface area contributed by atoms with E-state index in [2.05, 4.69) is 46.8 Å². The van der Waals surface area contributed by atoms with E-state index in [1.807, 2.05) is 30.3 Å². The molecule has 1 aromatic rings. The maximum absolute atomic E-state index is 12.6. The van der Waals surface area contributed by atoms with Crippen molar-refractivity contribution in [2.75, 3.05) is 0 Å². The molecule has 0 bridgehead atoms. The fourth-order valence-electron chi connectivity index (χ4n) is 9.16. The van der Waals surface area contributed by atoms with Gasteiger partial charge in [-0.25, -0.2) is 4.79 Å². The van der Waals surface area contributed by atoms with E-state index < -0.39 is 0 Å². The summed E-state index contributed by atoms with van der Waals surface area (Å²) in [5.41, 5.74) is 2.82. The van der Waals surface area contributed by atoms with E-state index in [0.717, 1.165) is 54.1 Å². The molecule has 0 radical (unpaired) electrons. The number of carbonyl (C=O) groups is 1. The summed E-state index contributed by atoms with van der Waals surface area (Å²) in [5, 5.41) is 0. The predicted molar refractivity (Wildman–Crippen MR) is 148 cm³/mol. The topological polar surface area (TPSA) is 26.3 Å². The average molecular weight is 489 g/mol. The van der Waals surface area contributed by atoms with Gasteiger partial charge in [0.15, 0.2) is 0 Å². The first-order valence-corrected chi connectivity index (χ1v) is 14.9. The Morgan fingerprint density at radius 2 is 1.78 bits per heavy atom. The van der Waals surface area contributed by atoms with Crippen LogP contribution in [-0.4, -0.2) is 5.97 Å². The van der Waals surface area contributed by atoms with E-state index in [1.54, 1.807) is 0 Å². The molecule has 7 atom stereocenters. The third-order valence-electron chi connectivity index (χ3n) is 11.2. The Morgan fingerprint density at radius 3 is 2.53 bits per heavy atom. The largest absolute Gasteiger partial charge is 0.427 e. The lowest BCUT2D eigenvalue weighted by Gasteiger charge is -2.57. The highest BCUT2D eigenvalue weighted by atomic mass is 16.5. The third-order valence-corrected chi connectivity index (χ3v) is 11.2. The summed E-state index contributed by atoms with van der Waals surface area (Å²) in [7, 11) is 0. The number of rotatable bonds is 7. The maximum Gasteiger partial charge on any atom is 0.343 e. The molecule has 0 N–H and O–H groups in total. The number of carbonyl (C=O) groups excluding carboxylic acids is 1. The molecule has 0 aromatic heterocycles. The molecule has 0 amide bonds. The van der Waals surface area contributed by atoms with Gasteiger partial charge in [-0.2, -0.15) is 0 Å². The number of esters is 1. The van der Waals surface area contributed by atoms with Gasteiger partial charge in [-0.05, 0) is 109 Å². The first kappa shape index (κ1) is 25.8. The zero-order valence-corrected chi connectivity index (χ0v) is 23.4. The summed E-state index contributed by atoms with van der Waals surface area (Å²) in [6.07, 6.45) is 17.8. The maximum atomic E-state index is 12.6. The molecule has 0 saturated heterocycles. The van der Waals surface area contributed by atoms with Crippen LogP contribution in [0.1, 0.15) is 109 Å². The van der Waals surface area contributed by atoms with Crippen molar-refractivity contribution in [1.29, 1.82) is 0 Å². The van der Waals surface area contributed by atoms with Crippen molar-refractivity contribution in [2.24, 2.45) is 46.3 Å². The Morgan fingerprint density at radius 1 is 1.00 bits per heavy atom. The molecule has 0 aliphatic heterocycles. The standard InChI is InChI=1S/C34H48O2/c1-23(2)10-9-11-24(3)29-16-17-30-28-15-14-26-22-27(36-32(35)25-12-7-6-8-13-25)18-20-33(26,4)31(28)19-21-34(29,30)5/h6-8,12-14,22-24,28-31H,9-11,15-21H2,1-5H3/t24-,28+,29-,30+,31+,33+,34-/m1/s1. The van der Waals surface area contributed by atoms with E-state index in [4.69, 9.17) is 4.74 Å². The summed E-state index contributed by atoms with van der Waals surface area (Å²) in [4.78, 5) is 12.6. The fourth-order valence-corrected chi connectivity index (χ4v) is 9.16. The minimum Gasteiger partial charge on any atom is -0.427 e. The lowest BCUT2D eigenvalue weighted by molar-refractivity contribution is -0.0465. The number of ether oxygens (including phenoxy) is 1. The van der Waals surface area contributed by atoms with E-state index >= 15 is 0 Å². The molecule has 0 spiro atoms. The molecular weight excluding hydrogens is 440 g/mol. The minimum atomic E-state index is -0.229. The summed E-state index contributed by atoms with van der Waals surface area (Å²) in [6.45, 7) is 12.5. The van der Waals surface area contributed by atoms with Crippen molar-refractivity contribution in [1.82, 2.24) is 0 Å². The molecular formula is C34H48O2. The molecule has 0 heterocycles. The van der Waals surface area contributed by atoms with Crippen LogP contribution in [0, 0.1) is 46.3 Å². The predicted octanol–water partition coefficient (Wildman–Crippen LogP) is 9.38. The Bertz CT molecular complexity index is 1000. The van der Waals surface area contributed by atoms with Crippen LogP contribution < -0.4 is 0 Å². The van der Waals surface area contributed by atoms with Gasteiger partial charge in [-0.1, -0.05) is 78.2 Å². The Balaban J connectivity index is 1.29. The van der Waals surface area contributed by atoms with E-state index in [0.29, 0.717) is 11.0 Å². The lowest BCUT2D eigenvalue weighted by atomic mass is 9.47. The van der Waals surface area contributed by atoms with Crippen LogP contribution in [0.3, 0.4) is 0 Å². The lowest BCUT2D eigenvalue weighted by Crippen LogP contribution is -2.49. The Hall–Kier alpha value is -1.83. The zero-order valence-electron chi connectivity index (χ0n) is 23.4.